The average Bonchev–Trinajstić information content (AvgIpc) is 2.25. The van der Waals surface area contributed by atoms with Crippen LogP contribution in [0.3, 0.4) is 0 Å². The maximum atomic E-state index is 13.2. The second kappa shape index (κ2) is 5.33. The zero-order valence-corrected chi connectivity index (χ0v) is 10.9. The number of benzene rings is 1. The van der Waals surface area contributed by atoms with Crippen LogP contribution in [0.1, 0.15) is 31.9 Å². The molecule has 0 amide bonds. The van der Waals surface area contributed by atoms with E-state index in [0.29, 0.717) is 11.5 Å². The number of halogens is 2. The van der Waals surface area contributed by atoms with Crippen molar-refractivity contribution in [2.24, 2.45) is 11.7 Å². The highest BCUT2D eigenvalue weighted by Gasteiger charge is 2.26. The summed E-state index contributed by atoms with van der Waals surface area (Å²) in [7, 11) is 0. The fourth-order valence-electron chi connectivity index (χ4n) is 2.79. The largest absolute Gasteiger partial charge is 0.327 e. The third kappa shape index (κ3) is 3.06. The maximum Gasteiger partial charge on any atom is 0.126 e. The lowest BCUT2D eigenvalue weighted by molar-refractivity contribution is 0.123. The molecule has 3 atom stereocenters. The Labute approximate surface area is 107 Å². The molecule has 2 nitrogen and oxygen atoms in total. The molecule has 1 aliphatic rings. The molecule has 0 radical (unpaired) electrons. The van der Waals surface area contributed by atoms with Gasteiger partial charge in [0.1, 0.15) is 11.6 Å². The molecule has 3 unspecified atom stereocenters. The fraction of sp³-hybridized carbons (Fsp3) is 0.571. The van der Waals surface area contributed by atoms with Gasteiger partial charge in [-0.05, 0) is 37.0 Å². The Kier molecular flexibility index (Phi) is 3.97. The molecule has 2 rings (SSSR count). The van der Waals surface area contributed by atoms with Gasteiger partial charge >= 0.3 is 0 Å². The van der Waals surface area contributed by atoms with E-state index in [9.17, 15) is 8.78 Å². The molecular weight excluding hydrogens is 234 g/mol. The van der Waals surface area contributed by atoms with Crippen molar-refractivity contribution in [3.63, 3.8) is 0 Å². The second-order valence-corrected chi connectivity index (χ2v) is 5.43. The Morgan fingerprint density at radius 2 is 1.83 bits per heavy atom. The summed E-state index contributed by atoms with van der Waals surface area (Å²) < 4.78 is 26.5. The van der Waals surface area contributed by atoms with Gasteiger partial charge in [-0.2, -0.15) is 0 Å². The SMILES string of the molecule is CC1CC(N)CN(C(C)c2cc(F)cc(F)c2)C1. The predicted molar refractivity (Wildman–Crippen MR) is 68.1 cm³/mol. The van der Waals surface area contributed by atoms with Crippen molar-refractivity contribution in [2.45, 2.75) is 32.4 Å². The van der Waals surface area contributed by atoms with Crippen LogP contribution < -0.4 is 5.73 Å². The van der Waals surface area contributed by atoms with Crippen LogP contribution >= 0.6 is 0 Å². The third-order valence-electron chi connectivity index (χ3n) is 3.64. The lowest BCUT2D eigenvalue weighted by Gasteiger charge is -2.38. The molecule has 4 heteroatoms. The zero-order valence-electron chi connectivity index (χ0n) is 10.9. The molecule has 0 spiro atoms. The molecule has 1 aliphatic heterocycles. The first kappa shape index (κ1) is 13.4. The number of hydrogen-bond acceptors (Lipinski definition) is 2. The number of likely N-dealkylation sites (tertiary alicyclic amines) is 1. The Balaban J connectivity index is 2.17. The maximum absolute atomic E-state index is 13.2. The summed E-state index contributed by atoms with van der Waals surface area (Å²) in [4.78, 5) is 2.20. The minimum atomic E-state index is -0.522. The Bertz CT molecular complexity index is 392. The summed E-state index contributed by atoms with van der Waals surface area (Å²) in [6.45, 7) is 5.83. The molecule has 1 saturated heterocycles. The van der Waals surface area contributed by atoms with Crippen molar-refractivity contribution in [1.82, 2.24) is 4.90 Å². The molecule has 0 aliphatic carbocycles. The van der Waals surface area contributed by atoms with Gasteiger partial charge in [-0.3, -0.25) is 4.90 Å². The molecule has 1 fully saturated rings. The van der Waals surface area contributed by atoms with Gasteiger partial charge in [0, 0.05) is 31.2 Å². The molecule has 100 valence electrons. The van der Waals surface area contributed by atoms with Crippen LogP contribution in [0.15, 0.2) is 18.2 Å². The van der Waals surface area contributed by atoms with Crippen molar-refractivity contribution in [3.8, 4) is 0 Å². The number of piperidine rings is 1. The molecular formula is C14H20F2N2. The van der Waals surface area contributed by atoms with Crippen molar-refractivity contribution in [1.29, 1.82) is 0 Å². The first-order valence-corrected chi connectivity index (χ1v) is 6.41. The van der Waals surface area contributed by atoms with Gasteiger partial charge in [0.15, 0.2) is 0 Å². The average molecular weight is 254 g/mol. The number of rotatable bonds is 2. The molecule has 2 N–H and O–H groups in total. The van der Waals surface area contributed by atoms with Crippen LogP contribution in [-0.4, -0.2) is 24.0 Å². The van der Waals surface area contributed by atoms with Crippen molar-refractivity contribution in [2.75, 3.05) is 13.1 Å². The number of hydrogen-bond donors (Lipinski definition) is 1. The summed E-state index contributed by atoms with van der Waals surface area (Å²) in [5.41, 5.74) is 6.68. The van der Waals surface area contributed by atoms with E-state index in [4.69, 9.17) is 5.73 Å². The summed E-state index contributed by atoms with van der Waals surface area (Å²) in [5, 5.41) is 0. The first-order valence-electron chi connectivity index (χ1n) is 6.41. The minimum absolute atomic E-state index is 0.0102. The first-order chi connectivity index (χ1) is 8.45. The molecule has 0 saturated carbocycles. The van der Waals surface area contributed by atoms with Crippen molar-refractivity contribution < 1.29 is 8.78 Å². The third-order valence-corrected chi connectivity index (χ3v) is 3.64. The van der Waals surface area contributed by atoms with E-state index in [1.165, 1.54) is 12.1 Å². The zero-order chi connectivity index (χ0) is 13.3. The minimum Gasteiger partial charge on any atom is -0.327 e. The summed E-state index contributed by atoms with van der Waals surface area (Å²) in [6.07, 6.45) is 1.01. The van der Waals surface area contributed by atoms with Gasteiger partial charge in [-0.15, -0.1) is 0 Å². The van der Waals surface area contributed by atoms with E-state index in [-0.39, 0.29) is 12.1 Å². The second-order valence-electron chi connectivity index (χ2n) is 5.43. The van der Waals surface area contributed by atoms with Gasteiger partial charge < -0.3 is 5.73 Å². The van der Waals surface area contributed by atoms with Crippen LogP contribution in [0.25, 0.3) is 0 Å². The lowest BCUT2D eigenvalue weighted by Crippen LogP contribution is -2.47. The normalized spacial score (nSPS) is 27.2. The van der Waals surface area contributed by atoms with Crippen molar-refractivity contribution >= 4 is 0 Å². The lowest BCUT2D eigenvalue weighted by atomic mass is 9.94. The standard InChI is InChI=1S/C14H20F2N2/c1-9-3-14(17)8-18(7-9)10(2)11-4-12(15)6-13(16)5-11/h4-6,9-10,14H,3,7-8,17H2,1-2H3. The molecule has 1 aromatic rings. The van der Waals surface area contributed by atoms with E-state index < -0.39 is 11.6 Å². The van der Waals surface area contributed by atoms with Crippen LogP contribution in [0.2, 0.25) is 0 Å². The van der Waals surface area contributed by atoms with Crippen LogP contribution in [-0.2, 0) is 0 Å². The highest BCUT2D eigenvalue weighted by atomic mass is 19.1. The van der Waals surface area contributed by atoms with Gasteiger partial charge in [-0.25, -0.2) is 8.78 Å². The van der Waals surface area contributed by atoms with E-state index in [0.717, 1.165) is 25.6 Å². The van der Waals surface area contributed by atoms with Crippen molar-refractivity contribution in [3.05, 3.63) is 35.4 Å². The summed E-state index contributed by atoms with van der Waals surface area (Å²) in [5.74, 6) is -0.521. The van der Waals surface area contributed by atoms with E-state index in [2.05, 4.69) is 11.8 Å². The van der Waals surface area contributed by atoms with Crippen LogP contribution in [0, 0.1) is 17.6 Å². The van der Waals surface area contributed by atoms with Crippen LogP contribution in [0.5, 0.6) is 0 Å². The molecule has 1 aromatic carbocycles. The van der Waals surface area contributed by atoms with E-state index >= 15 is 0 Å². The highest BCUT2D eigenvalue weighted by Crippen LogP contribution is 2.27. The monoisotopic (exact) mass is 254 g/mol. The van der Waals surface area contributed by atoms with Gasteiger partial charge in [0.05, 0.1) is 0 Å². The Morgan fingerprint density at radius 1 is 1.22 bits per heavy atom. The highest BCUT2D eigenvalue weighted by molar-refractivity contribution is 5.21. The van der Waals surface area contributed by atoms with Gasteiger partial charge in [0.25, 0.3) is 0 Å². The summed E-state index contributed by atoms with van der Waals surface area (Å²) >= 11 is 0. The Hall–Kier alpha value is -1.00. The number of nitrogens with zero attached hydrogens (tertiary/aromatic N) is 1. The van der Waals surface area contributed by atoms with Gasteiger partial charge in [-0.1, -0.05) is 6.92 Å². The molecule has 0 bridgehead atoms. The molecule has 18 heavy (non-hydrogen) atoms. The Morgan fingerprint density at radius 3 is 2.39 bits per heavy atom. The molecule has 0 aromatic heterocycles. The summed E-state index contributed by atoms with van der Waals surface area (Å²) in [6, 6.07) is 3.84. The fourth-order valence-corrected chi connectivity index (χ4v) is 2.79. The quantitative estimate of drug-likeness (QED) is 0.879. The smallest absolute Gasteiger partial charge is 0.126 e. The van der Waals surface area contributed by atoms with E-state index in [1.54, 1.807) is 0 Å². The van der Waals surface area contributed by atoms with E-state index in [1.807, 2.05) is 6.92 Å². The van der Waals surface area contributed by atoms with Crippen LogP contribution in [0.4, 0.5) is 8.78 Å². The van der Waals surface area contributed by atoms with Gasteiger partial charge in [0.2, 0.25) is 0 Å². The predicted octanol–water partition coefficient (Wildman–Crippen LogP) is 2.69. The molecule has 1 heterocycles. The topological polar surface area (TPSA) is 29.3 Å². The number of nitrogens with two attached hydrogens (primary N) is 1.